The molecule has 2 aromatic carbocycles. The molecule has 0 bridgehead atoms. The fourth-order valence-corrected chi connectivity index (χ4v) is 2.77. The standard InChI is InChI=1S/C15H14Cl2N2/c16-12-5-3-4-11(15(12)17)10-19-9-8-18-13-6-1-2-7-14(13)19/h1-7,18H,8-10H2. The number of hydrogen-bond acceptors (Lipinski definition) is 2. The maximum Gasteiger partial charge on any atom is 0.0642 e. The first-order valence-corrected chi connectivity index (χ1v) is 7.02. The molecule has 1 heterocycles. The molecule has 0 radical (unpaired) electrons. The molecule has 0 atom stereocenters. The molecule has 0 saturated carbocycles. The Labute approximate surface area is 122 Å². The summed E-state index contributed by atoms with van der Waals surface area (Å²) in [4.78, 5) is 2.32. The van der Waals surface area contributed by atoms with Gasteiger partial charge in [-0.3, -0.25) is 0 Å². The Bertz CT molecular complexity index is 598. The van der Waals surface area contributed by atoms with Crippen LogP contribution in [-0.2, 0) is 6.54 Å². The summed E-state index contributed by atoms with van der Waals surface area (Å²) >= 11 is 12.3. The zero-order chi connectivity index (χ0) is 13.2. The summed E-state index contributed by atoms with van der Waals surface area (Å²) in [7, 11) is 0. The summed E-state index contributed by atoms with van der Waals surface area (Å²) in [5, 5.41) is 4.67. The second kappa shape index (κ2) is 5.32. The SMILES string of the molecule is Clc1cccc(CN2CCNc3ccccc32)c1Cl. The highest BCUT2D eigenvalue weighted by molar-refractivity contribution is 6.42. The molecule has 1 aliphatic heterocycles. The van der Waals surface area contributed by atoms with E-state index < -0.39 is 0 Å². The monoisotopic (exact) mass is 292 g/mol. The van der Waals surface area contributed by atoms with Crippen molar-refractivity contribution in [2.45, 2.75) is 6.54 Å². The van der Waals surface area contributed by atoms with Gasteiger partial charge in [0.05, 0.1) is 21.4 Å². The molecule has 0 unspecified atom stereocenters. The molecule has 0 spiro atoms. The summed E-state index contributed by atoms with van der Waals surface area (Å²) in [6, 6.07) is 14.1. The summed E-state index contributed by atoms with van der Waals surface area (Å²) in [6.45, 7) is 2.67. The molecule has 4 heteroatoms. The Morgan fingerprint density at radius 1 is 1.05 bits per heavy atom. The predicted molar refractivity (Wildman–Crippen MR) is 82.4 cm³/mol. The van der Waals surface area contributed by atoms with E-state index in [0.717, 1.165) is 25.2 Å². The lowest BCUT2D eigenvalue weighted by Crippen LogP contribution is -2.33. The van der Waals surface area contributed by atoms with Gasteiger partial charge in [0.2, 0.25) is 0 Å². The Morgan fingerprint density at radius 2 is 1.89 bits per heavy atom. The van der Waals surface area contributed by atoms with Gasteiger partial charge < -0.3 is 10.2 Å². The van der Waals surface area contributed by atoms with Crippen LogP contribution in [0, 0.1) is 0 Å². The number of rotatable bonds is 2. The molecule has 0 aliphatic carbocycles. The number of benzene rings is 2. The number of halogens is 2. The molecule has 98 valence electrons. The molecule has 1 aliphatic rings. The first kappa shape index (κ1) is 12.6. The van der Waals surface area contributed by atoms with E-state index in [4.69, 9.17) is 23.2 Å². The zero-order valence-electron chi connectivity index (χ0n) is 10.4. The van der Waals surface area contributed by atoms with Gasteiger partial charge in [0.1, 0.15) is 0 Å². The Morgan fingerprint density at radius 3 is 2.79 bits per heavy atom. The maximum absolute atomic E-state index is 6.27. The van der Waals surface area contributed by atoms with Crippen LogP contribution in [0.15, 0.2) is 42.5 Å². The van der Waals surface area contributed by atoms with E-state index in [-0.39, 0.29) is 0 Å². The van der Waals surface area contributed by atoms with E-state index in [9.17, 15) is 0 Å². The van der Waals surface area contributed by atoms with E-state index in [1.54, 1.807) is 0 Å². The highest BCUT2D eigenvalue weighted by atomic mass is 35.5. The number of para-hydroxylation sites is 2. The molecule has 3 rings (SSSR count). The van der Waals surface area contributed by atoms with Crippen molar-refractivity contribution in [1.29, 1.82) is 0 Å². The van der Waals surface area contributed by atoms with Gasteiger partial charge in [0.15, 0.2) is 0 Å². The lowest BCUT2D eigenvalue weighted by atomic mass is 10.1. The summed E-state index contributed by atoms with van der Waals surface area (Å²) < 4.78 is 0. The normalized spacial score (nSPS) is 13.9. The molecular formula is C15H14Cl2N2. The number of nitrogens with one attached hydrogen (secondary N) is 1. The second-order valence-corrected chi connectivity index (χ2v) is 5.36. The van der Waals surface area contributed by atoms with E-state index in [1.165, 1.54) is 11.4 Å². The summed E-state index contributed by atoms with van der Waals surface area (Å²) in [5.74, 6) is 0. The van der Waals surface area contributed by atoms with E-state index in [2.05, 4.69) is 28.4 Å². The lowest BCUT2D eigenvalue weighted by molar-refractivity contribution is 0.787. The quantitative estimate of drug-likeness (QED) is 0.881. The largest absolute Gasteiger partial charge is 0.382 e. The minimum atomic E-state index is 0.614. The topological polar surface area (TPSA) is 15.3 Å². The van der Waals surface area contributed by atoms with E-state index in [0.29, 0.717) is 10.0 Å². The minimum Gasteiger partial charge on any atom is -0.382 e. The minimum absolute atomic E-state index is 0.614. The van der Waals surface area contributed by atoms with Crippen molar-refractivity contribution in [1.82, 2.24) is 0 Å². The Hall–Kier alpha value is -1.38. The smallest absolute Gasteiger partial charge is 0.0642 e. The van der Waals surface area contributed by atoms with E-state index >= 15 is 0 Å². The van der Waals surface area contributed by atoms with Gasteiger partial charge in [-0.05, 0) is 23.8 Å². The number of anilines is 2. The van der Waals surface area contributed by atoms with Crippen molar-refractivity contribution in [3.63, 3.8) is 0 Å². The summed E-state index contributed by atoms with van der Waals surface area (Å²) in [6.07, 6.45) is 0. The van der Waals surface area contributed by atoms with Crippen molar-refractivity contribution in [2.24, 2.45) is 0 Å². The molecule has 2 aromatic rings. The van der Waals surface area contributed by atoms with Crippen LogP contribution in [-0.4, -0.2) is 13.1 Å². The van der Waals surface area contributed by atoms with Gasteiger partial charge in [-0.15, -0.1) is 0 Å². The average molecular weight is 293 g/mol. The Kier molecular flexibility index (Phi) is 3.54. The van der Waals surface area contributed by atoms with Crippen molar-refractivity contribution in [3.8, 4) is 0 Å². The van der Waals surface area contributed by atoms with Crippen molar-refractivity contribution < 1.29 is 0 Å². The molecule has 0 amide bonds. The average Bonchev–Trinajstić information content (AvgIpc) is 2.44. The number of hydrogen-bond donors (Lipinski definition) is 1. The third-order valence-corrected chi connectivity index (χ3v) is 4.19. The second-order valence-electron chi connectivity index (χ2n) is 4.58. The van der Waals surface area contributed by atoms with Crippen LogP contribution in [0.25, 0.3) is 0 Å². The van der Waals surface area contributed by atoms with Crippen LogP contribution in [0.4, 0.5) is 11.4 Å². The highest BCUT2D eigenvalue weighted by Crippen LogP contribution is 2.32. The predicted octanol–water partition coefficient (Wildman–Crippen LogP) is 4.43. The van der Waals surface area contributed by atoms with Crippen molar-refractivity contribution in [2.75, 3.05) is 23.3 Å². The third-order valence-electron chi connectivity index (χ3n) is 3.33. The molecule has 0 fully saturated rings. The van der Waals surface area contributed by atoms with Gasteiger partial charge in [-0.25, -0.2) is 0 Å². The van der Waals surface area contributed by atoms with Crippen molar-refractivity contribution in [3.05, 3.63) is 58.1 Å². The number of nitrogens with zero attached hydrogens (tertiary/aromatic N) is 1. The maximum atomic E-state index is 6.27. The highest BCUT2D eigenvalue weighted by Gasteiger charge is 2.17. The van der Waals surface area contributed by atoms with Crippen LogP contribution >= 0.6 is 23.2 Å². The molecule has 0 saturated heterocycles. The summed E-state index contributed by atoms with van der Waals surface area (Å²) in [5.41, 5.74) is 3.45. The van der Waals surface area contributed by atoms with Gasteiger partial charge >= 0.3 is 0 Å². The molecule has 19 heavy (non-hydrogen) atoms. The van der Waals surface area contributed by atoms with Gasteiger partial charge in [0.25, 0.3) is 0 Å². The Balaban J connectivity index is 1.91. The van der Waals surface area contributed by atoms with Crippen molar-refractivity contribution >= 4 is 34.6 Å². The van der Waals surface area contributed by atoms with Gasteiger partial charge in [0, 0.05) is 19.6 Å². The lowest BCUT2D eigenvalue weighted by Gasteiger charge is -2.32. The van der Waals surface area contributed by atoms with Gasteiger partial charge in [-0.2, -0.15) is 0 Å². The van der Waals surface area contributed by atoms with E-state index in [1.807, 2.05) is 24.3 Å². The first-order chi connectivity index (χ1) is 9.25. The molecular weight excluding hydrogens is 279 g/mol. The third kappa shape index (κ3) is 2.51. The molecule has 1 N–H and O–H groups in total. The fraction of sp³-hybridized carbons (Fsp3) is 0.200. The van der Waals surface area contributed by atoms with Gasteiger partial charge in [-0.1, -0.05) is 47.5 Å². The van der Waals surface area contributed by atoms with Crippen LogP contribution in [0.1, 0.15) is 5.56 Å². The fourth-order valence-electron chi connectivity index (χ4n) is 2.39. The van der Waals surface area contributed by atoms with Crippen LogP contribution in [0.2, 0.25) is 10.0 Å². The molecule has 2 nitrogen and oxygen atoms in total. The number of fused-ring (bicyclic) bond motifs is 1. The van der Waals surface area contributed by atoms with Crippen LogP contribution in [0.5, 0.6) is 0 Å². The zero-order valence-corrected chi connectivity index (χ0v) is 11.9. The molecule has 0 aromatic heterocycles. The van der Waals surface area contributed by atoms with Crippen LogP contribution in [0.3, 0.4) is 0 Å². The first-order valence-electron chi connectivity index (χ1n) is 6.26. The van der Waals surface area contributed by atoms with Crippen LogP contribution < -0.4 is 10.2 Å².